The molecule has 3 aromatic carbocycles. The van der Waals surface area contributed by atoms with E-state index >= 15 is 0 Å². The summed E-state index contributed by atoms with van der Waals surface area (Å²) in [5, 5.41) is 14.8. The van der Waals surface area contributed by atoms with Crippen molar-refractivity contribution < 1.29 is 19.5 Å². The second-order valence-corrected chi connectivity index (χ2v) is 7.59. The van der Waals surface area contributed by atoms with E-state index in [4.69, 9.17) is 0 Å². The quantitative estimate of drug-likeness (QED) is 0.483. The average molecular weight is 420 g/mol. The summed E-state index contributed by atoms with van der Waals surface area (Å²) >= 11 is 1.34. The molecule has 0 unspecified atom stereocenters. The highest BCUT2D eigenvalue weighted by atomic mass is 32.2. The third-order valence-corrected chi connectivity index (χ3v) is 5.16. The minimum Gasteiger partial charge on any atom is -0.478 e. The Morgan fingerprint density at radius 1 is 0.833 bits per heavy atom. The van der Waals surface area contributed by atoms with Gasteiger partial charge in [0.2, 0.25) is 5.91 Å². The number of carbonyl (C=O) groups is 3. The van der Waals surface area contributed by atoms with E-state index < -0.39 is 11.9 Å². The molecule has 0 radical (unpaired) electrons. The number of thioether (sulfide) groups is 1. The topological polar surface area (TPSA) is 95.5 Å². The first-order valence-corrected chi connectivity index (χ1v) is 10.1. The molecule has 0 aliphatic rings. The molecule has 0 fully saturated rings. The predicted molar refractivity (Wildman–Crippen MR) is 118 cm³/mol. The van der Waals surface area contributed by atoms with Crippen LogP contribution >= 0.6 is 11.8 Å². The van der Waals surface area contributed by atoms with Crippen LogP contribution < -0.4 is 10.6 Å². The van der Waals surface area contributed by atoms with Gasteiger partial charge in [0.25, 0.3) is 5.91 Å². The molecule has 0 aliphatic heterocycles. The Morgan fingerprint density at radius 3 is 2.20 bits per heavy atom. The van der Waals surface area contributed by atoms with Crippen LogP contribution in [0.25, 0.3) is 0 Å². The molecular weight excluding hydrogens is 400 g/mol. The van der Waals surface area contributed by atoms with Gasteiger partial charge in [0.05, 0.1) is 16.9 Å². The highest BCUT2D eigenvalue weighted by Crippen LogP contribution is 2.23. The molecular formula is C23H20N2O4S. The fourth-order valence-corrected chi connectivity index (χ4v) is 3.55. The van der Waals surface area contributed by atoms with Crippen molar-refractivity contribution in [2.45, 2.75) is 11.8 Å². The van der Waals surface area contributed by atoms with Crippen LogP contribution in [0.15, 0.2) is 77.7 Å². The second-order valence-electron chi connectivity index (χ2n) is 6.54. The number of carboxylic acids is 1. The third-order valence-electron chi connectivity index (χ3n) is 4.17. The minimum atomic E-state index is -1.16. The summed E-state index contributed by atoms with van der Waals surface area (Å²) in [6.07, 6.45) is 0. The van der Waals surface area contributed by atoms with Crippen LogP contribution in [0.3, 0.4) is 0 Å². The summed E-state index contributed by atoms with van der Waals surface area (Å²) in [6.45, 7) is 1.96. The zero-order valence-corrected chi connectivity index (χ0v) is 17.0. The van der Waals surface area contributed by atoms with Crippen LogP contribution in [0.2, 0.25) is 0 Å². The Balaban J connectivity index is 1.61. The first-order valence-electron chi connectivity index (χ1n) is 9.15. The minimum absolute atomic E-state index is 0.0617. The maximum Gasteiger partial charge on any atom is 0.336 e. The van der Waals surface area contributed by atoms with Crippen molar-refractivity contribution >= 4 is 40.9 Å². The van der Waals surface area contributed by atoms with E-state index in [1.54, 1.807) is 30.3 Å². The molecule has 0 heterocycles. The molecule has 0 aliphatic carbocycles. The highest BCUT2D eigenvalue weighted by molar-refractivity contribution is 8.00. The number of benzene rings is 3. The molecule has 0 saturated heterocycles. The second kappa shape index (κ2) is 9.76. The number of rotatable bonds is 7. The number of carbonyl (C=O) groups excluding carboxylic acids is 2. The Kier molecular flexibility index (Phi) is 6.87. The number of aromatic carboxylic acids is 1. The zero-order chi connectivity index (χ0) is 21.5. The average Bonchev–Trinajstić information content (AvgIpc) is 2.72. The summed E-state index contributed by atoms with van der Waals surface area (Å²) < 4.78 is 0. The van der Waals surface area contributed by atoms with Crippen molar-refractivity contribution in [2.24, 2.45) is 0 Å². The van der Waals surface area contributed by atoms with Gasteiger partial charge in [-0.15, -0.1) is 11.8 Å². The number of hydrogen-bond donors (Lipinski definition) is 3. The molecule has 3 aromatic rings. The van der Waals surface area contributed by atoms with E-state index in [9.17, 15) is 19.5 Å². The van der Waals surface area contributed by atoms with Crippen LogP contribution in [-0.4, -0.2) is 28.6 Å². The maximum atomic E-state index is 12.5. The molecule has 152 valence electrons. The van der Waals surface area contributed by atoms with Crippen molar-refractivity contribution in [3.63, 3.8) is 0 Å². The Hall–Kier alpha value is -3.58. The molecule has 0 saturated carbocycles. The lowest BCUT2D eigenvalue weighted by atomic mass is 10.1. The first-order chi connectivity index (χ1) is 14.4. The molecule has 30 heavy (non-hydrogen) atoms. The fourth-order valence-electron chi connectivity index (χ4n) is 2.80. The van der Waals surface area contributed by atoms with Crippen molar-refractivity contribution in [2.75, 3.05) is 16.4 Å². The van der Waals surface area contributed by atoms with Gasteiger partial charge in [0.15, 0.2) is 0 Å². The molecule has 0 atom stereocenters. The van der Waals surface area contributed by atoms with Gasteiger partial charge in [0.1, 0.15) is 0 Å². The molecule has 3 N–H and O–H groups in total. The van der Waals surface area contributed by atoms with E-state index in [0.29, 0.717) is 5.69 Å². The lowest BCUT2D eigenvalue weighted by Gasteiger charge is -2.09. The highest BCUT2D eigenvalue weighted by Gasteiger charge is 2.16. The van der Waals surface area contributed by atoms with Gasteiger partial charge in [-0.05, 0) is 55.0 Å². The maximum absolute atomic E-state index is 12.5. The lowest BCUT2D eigenvalue weighted by Crippen LogP contribution is -2.16. The van der Waals surface area contributed by atoms with E-state index in [1.807, 2.05) is 37.3 Å². The SMILES string of the molecule is Cc1cccc(NC(=O)CSc2cccc(NC(=O)c3ccccc3C(=O)O)c2)c1. The normalized spacial score (nSPS) is 10.3. The smallest absolute Gasteiger partial charge is 0.336 e. The number of amides is 2. The molecule has 2 amide bonds. The molecule has 7 heteroatoms. The molecule has 3 rings (SSSR count). The van der Waals surface area contributed by atoms with Crippen molar-refractivity contribution in [3.05, 3.63) is 89.5 Å². The fraction of sp³-hybridized carbons (Fsp3) is 0.0870. The number of anilines is 2. The van der Waals surface area contributed by atoms with Crippen LogP contribution in [0.1, 0.15) is 26.3 Å². The van der Waals surface area contributed by atoms with Gasteiger partial charge in [-0.2, -0.15) is 0 Å². The van der Waals surface area contributed by atoms with Crippen LogP contribution in [0.5, 0.6) is 0 Å². The van der Waals surface area contributed by atoms with Crippen molar-refractivity contribution in [3.8, 4) is 0 Å². The van der Waals surface area contributed by atoms with Gasteiger partial charge < -0.3 is 15.7 Å². The van der Waals surface area contributed by atoms with Gasteiger partial charge in [-0.25, -0.2) is 4.79 Å². The molecule has 0 bridgehead atoms. The van der Waals surface area contributed by atoms with E-state index in [0.717, 1.165) is 16.1 Å². The number of nitrogens with one attached hydrogen (secondary N) is 2. The zero-order valence-electron chi connectivity index (χ0n) is 16.2. The van der Waals surface area contributed by atoms with E-state index in [2.05, 4.69) is 10.6 Å². The van der Waals surface area contributed by atoms with Crippen LogP contribution in [0, 0.1) is 6.92 Å². The summed E-state index contributed by atoms with van der Waals surface area (Å²) in [5.41, 5.74) is 2.35. The monoisotopic (exact) mass is 420 g/mol. The molecule has 0 aromatic heterocycles. The predicted octanol–water partition coefficient (Wildman–Crippen LogP) is 4.68. The summed E-state index contributed by atoms with van der Waals surface area (Å²) in [4.78, 5) is 36.8. The number of aryl methyl sites for hydroxylation is 1. The first kappa shape index (κ1) is 21.1. The Morgan fingerprint density at radius 2 is 1.50 bits per heavy atom. The van der Waals surface area contributed by atoms with Gasteiger partial charge in [-0.1, -0.05) is 30.3 Å². The summed E-state index contributed by atoms with van der Waals surface area (Å²) in [7, 11) is 0. The largest absolute Gasteiger partial charge is 0.478 e. The molecule has 0 spiro atoms. The standard InChI is InChI=1S/C23H20N2O4S/c1-15-6-4-7-16(12-15)24-21(26)14-30-18-9-5-8-17(13-18)25-22(27)19-10-2-3-11-20(19)23(28)29/h2-13H,14H2,1H3,(H,24,26)(H,25,27)(H,28,29). The third kappa shape index (κ3) is 5.71. The Bertz CT molecular complexity index is 1100. The lowest BCUT2D eigenvalue weighted by molar-refractivity contribution is -0.113. The van der Waals surface area contributed by atoms with Gasteiger partial charge in [0, 0.05) is 16.3 Å². The number of carboxylic acid groups (broad SMARTS) is 1. The van der Waals surface area contributed by atoms with Crippen LogP contribution in [-0.2, 0) is 4.79 Å². The van der Waals surface area contributed by atoms with E-state index in [1.165, 1.54) is 23.9 Å². The number of hydrogen-bond acceptors (Lipinski definition) is 4. The van der Waals surface area contributed by atoms with E-state index in [-0.39, 0.29) is 22.8 Å². The van der Waals surface area contributed by atoms with Gasteiger partial charge >= 0.3 is 5.97 Å². The summed E-state index contributed by atoms with van der Waals surface area (Å²) in [5.74, 6) is -1.58. The van der Waals surface area contributed by atoms with Gasteiger partial charge in [-0.3, -0.25) is 9.59 Å². The summed E-state index contributed by atoms with van der Waals surface area (Å²) in [6, 6.07) is 20.7. The van der Waals surface area contributed by atoms with Crippen molar-refractivity contribution in [1.82, 2.24) is 0 Å². The molecule has 6 nitrogen and oxygen atoms in total. The van der Waals surface area contributed by atoms with Crippen molar-refractivity contribution in [1.29, 1.82) is 0 Å². The Labute approximate surface area is 178 Å². The van der Waals surface area contributed by atoms with Crippen LogP contribution in [0.4, 0.5) is 11.4 Å².